The molecule has 2 saturated heterocycles. The van der Waals surface area contributed by atoms with Crippen LogP contribution >= 0.6 is 11.6 Å². The van der Waals surface area contributed by atoms with Gasteiger partial charge in [0.15, 0.2) is 17.2 Å². The Kier molecular flexibility index (Phi) is 9.70. The molecule has 3 aromatic heterocycles. The average molecular weight is 619 g/mol. The van der Waals surface area contributed by atoms with Crippen molar-refractivity contribution in [2.45, 2.75) is 38.3 Å². The lowest BCUT2D eigenvalue weighted by molar-refractivity contribution is 0.0155. The van der Waals surface area contributed by atoms with E-state index in [2.05, 4.69) is 21.4 Å². The average Bonchev–Trinajstić information content (AvgIpc) is 3.64. The fraction of sp³-hybridized carbons (Fsp3) is 0.379. The van der Waals surface area contributed by atoms with Crippen molar-refractivity contribution in [3.05, 3.63) is 63.3 Å². The van der Waals surface area contributed by atoms with Gasteiger partial charge in [-0.1, -0.05) is 37.1 Å². The molecular weight excluding hydrogens is 589 g/mol. The molecule has 0 bridgehead atoms. The van der Waals surface area contributed by atoms with Crippen molar-refractivity contribution in [1.82, 2.24) is 19.9 Å². The van der Waals surface area contributed by atoms with Crippen LogP contribution in [-0.2, 0) is 5.67 Å². The minimum absolute atomic E-state index is 0.0108. The van der Waals surface area contributed by atoms with Gasteiger partial charge in [-0.15, -0.1) is 0 Å². The van der Waals surface area contributed by atoms with Crippen molar-refractivity contribution in [2.24, 2.45) is 11.7 Å². The quantitative estimate of drug-likeness (QED) is 0.258. The number of primary amides is 1. The zero-order valence-corrected chi connectivity index (χ0v) is 24.0. The zero-order chi connectivity index (χ0) is 31.3. The highest BCUT2D eigenvalue weighted by Gasteiger charge is 2.45. The van der Waals surface area contributed by atoms with Crippen LogP contribution in [0, 0.1) is 18.4 Å². The summed E-state index contributed by atoms with van der Waals surface area (Å²) >= 11 is 5.80. The molecule has 2 fully saturated rings. The third-order valence-corrected chi connectivity index (χ3v) is 7.69. The second kappa shape index (κ2) is 13.2. The van der Waals surface area contributed by atoms with E-state index in [0.29, 0.717) is 22.5 Å². The first-order chi connectivity index (χ1) is 20.5. The predicted octanol–water partition coefficient (Wildman–Crippen LogP) is 5.48. The summed E-state index contributed by atoms with van der Waals surface area (Å²) in [6, 6.07) is 8.10. The van der Waals surface area contributed by atoms with Gasteiger partial charge in [0.25, 0.3) is 12.0 Å². The molecule has 14 heteroatoms. The van der Waals surface area contributed by atoms with E-state index in [1.165, 1.54) is 23.3 Å². The van der Waals surface area contributed by atoms with Crippen LogP contribution in [0.3, 0.4) is 0 Å². The number of rotatable bonds is 3. The molecule has 1 unspecified atom stereocenters. The van der Waals surface area contributed by atoms with Crippen LogP contribution < -0.4 is 16.2 Å². The minimum Gasteiger partial charge on any atom is -0.462 e. The molecule has 0 saturated carbocycles. The first kappa shape index (κ1) is 31.5. The van der Waals surface area contributed by atoms with Crippen LogP contribution in [0.4, 0.5) is 23.8 Å². The number of urea groups is 1. The number of fused-ring (bicyclic) bond motifs is 3. The molecule has 10 nitrogen and oxygen atoms in total. The topological polar surface area (TPSA) is 142 Å². The molecule has 4 aromatic rings. The highest BCUT2D eigenvalue weighted by molar-refractivity contribution is 6.30. The number of furan rings is 1. The van der Waals surface area contributed by atoms with Crippen molar-refractivity contribution >= 4 is 45.5 Å². The SMILES string of the molecule is C#CO.CC1CN(C(N)=O)CC[C@]1(F)c1cc(Cl)c[nH]c1=O.FC(F)c1nc(N2CCCC2)c2oc3ccccc3c2n1. The zero-order valence-electron chi connectivity index (χ0n) is 23.2. The maximum Gasteiger partial charge on any atom is 0.314 e. The molecule has 2 aliphatic heterocycles. The van der Waals surface area contributed by atoms with Crippen LogP contribution in [0.5, 0.6) is 0 Å². The summed E-state index contributed by atoms with van der Waals surface area (Å²) in [6.45, 7) is 3.63. The number of halogens is 4. The molecule has 2 atom stereocenters. The summed E-state index contributed by atoms with van der Waals surface area (Å²) in [7, 11) is 0. The third kappa shape index (κ3) is 6.64. The van der Waals surface area contributed by atoms with E-state index >= 15 is 4.39 Å². The molecular formula is C29H30ClF3N6O4. The first-order valence-corrected chi connectivity index (χ1v) is 13.8. The lowest BCUT2D eigenvalue weighted by atomic mass is 9.79. The van der Waals surface area contributed by atoms with E-state index in [1.807, 2.05) is 29.2 Å². The summed E-state index contributed by atoms with van der Waals surface area (Å²) in [4.78, 5) is 36.7. The second-order valence-corrected chi connectivity index (χ2v) is 10.6. The summed E-state index contributed by atoms with van der Waals surface area (Å²) in [6.07, 6.45) is 6.13. The Morgan fingerprint density at radius 3 is 2.58 bits per heavy atom. The number of hydrogen-bond acceptors (Lipinski definition) is 7. The fourth-order valence-corrected chi connectivity index (χ4v) is 5.47. The van der Waals surface area contributed by atoms with Crippen molar-refractivity contribution < 1.29 is 27.5 Å². The molecule has 6 rings (SSSR count). The summed E-state index contributed by atoms with van der Waals surface area (Å²) < 4.78 is 47.1. The van der Waals surface area contributed by atoms with Crippen LogP contribution in [0.2, 0.25) is 5.02 Å². The molecule has 2 amide bonds. The number of hydrogen-bond donors (Lipinski definition) is 3. The van der Waals surface area contributed by atoms with Gasteiger partial charge in [-0.3, -0.25) is 4.79 Å². The molecule has 228 valence electrons. The Morgan fingerprint density at radius 1 is 1.28 bits per heavy atom. The lowest BCUT2D eigenvalue weighted by Crippen LogP contribution is -2.51. The van der Waals surface area contributed by atoms with Gasteiger partial charge in [0.05, 0.1) is 10.6 Å². The van der Waals surface area contributed by atoms with E-state index < -0.39 is 35.4 Å². The number of amides is 2. The van der Waals surface area contributed by atoms with Crippen molar-refractivity contribution in [3.8, 4) is 12.5 Å². The van der Waals surface area contributed by atoms with E-state index in [4.69, 9.17) is 26.9 Å². The number of para-hydroxylation sites is 1. The fourth-order valence-electron chi connectivity index (χ4n) is 5.31. The number of aliphatic hydroxyl groups excluding tert-OH is 1. The highest BCUT2D eigenvalue weighted by Crippen LogP contribution is 2.40. The van der Waals surface area contributed by atoms with Crippen molar-refractivity contribution in [2.75, 3.05) is 31.1 Å². The molecule has 0 radical (unpaired) electrons. The van der Waals surface area contributed by atoms with Gasteiger partial charge in [0, 0.05) is 50.1 Å². The number of pyridine rings is 1. The molecule has 4 N–H and O–H groups in total. The van der Waals surface area contributed by atoms with Crippen LogP contribution in [0.15, 0.2) is 45.7 Å². The number of carbonyl (C=O) groups excluding carboxylic acids is 1. The number of nitrogens with zero attached hydrogens (tertiary/aromatic N) is 4. The number of nitrogens with one attached hydrogen (secondary N) is 1. The summed E-state index contributed by atoms with van der Waals surface area (Å²) in [5.41, 5.74) is 4.52. The Hall–Kier alpha value is -4.44. The van der Waals surface area contributed by atoms with E-state index in [-0.39, 0.29) is 30.1 Å². The number of H-pyrrole nitrogens is 1. The van der Waals surface area contributed by atoms with E-state index in [0.717, 1.165) is 31.3 Å². The number of piperidine rings is 1. The summed E-state index contributed by atoms with van der Waals surface area (Å²) in [5.74, 6) is -0.478. The molecule has 5 heterocycles. The van der Waals surface area contributed by atoms with Crippen LogP contribution in [-0.4, -0.2) is 57.2 Å². The maximum absolute atomic E-state index is 15.1. The van der Waals surface area contributed by atoms with Crippen molar-refractivity contribution in [1.29, 1.82) is 0 Å². The number of nitrogens with two attached hydrogens (primary N) is 1. The standard InChI is InChI=1S/C15H13F2N3O.C12H15ClFN3O2.C2H2O/c16-13(17)14-18-11-9-5-1-2-6-10(9)21-12(11)15(19-14)20-7-3-4-8-20;1-7-6-17(11(15)19)3-2-12(7,14)9-4-8(13)5-16-10(9)18;1-2-3/h1-2,5-6,13H,3-4,7-8H2;4-5,7H,2-3,6H2,1H3,(H2,15,19)(H,16,18);1,3H/t;7?,12-;/m.1./s1. The Bertz CT molecular complexity index is 1700. The minimum atomic E-state index is -2.69. The lowest BCUT2D eigenvalue weighted by Gasteiger charge is -2.40. The molecule has 43 heavy (non-hydrogen) atoms. The van der Waals surface area contributed by atoms with Gasteiger partial charge >= 0.3 is 6.03 Å². The number of alkyl halides is 3. The van der Waals surface area contributed by atoms with Gasteiger partial charge in [-0.25, -0.2) is 27.9 Å². The van der Waals surface area contributed by atoms with Gasteiger partial charge in [-0.2, -0.15) is 0 Å². The predicted molar refractivity (Wildman–Crippen MR) is 156 cm³/mol. The number of aliphatic hydroxyl groups is 1. The summed E-state index contributed by atoms with van der Waals surface area (Å²) in [5, 5.41) is 8.12. The van der Waals surface area contributed by atoms with E-state index in [1.54, 1.807) is 6.92 Å². The maximum atomic E-state index is 15.1. The Balaban J connectivity index is 0.000000182. The van der Waals surface area contributed by atoms with Gasteiger partial charge < -0.3 is 30.0 Å². The number of likely N-dealkylation sites (tertiary alicyclic amines) is 1. The number of aromatic amines is 1. The van der Waals surface area contributed by atoms with Gasteiger partial charge in [-0.05, 0) is 31.0 Å². The van der Waals surface area contributed by atoms with Crippen LogP contribution in [0.25, 0.3) is 22.1 Å². The first-order valence-electron chi connectivity index (χ1n) is 13.4. The second-order valence-electron chi connectivity index (χ2n) is 10.2. The van der Waals surface area contributed by atoms with E-state index in [9.17, 15) is 18.4 Å². The highest BCUT2D eigenvalue weighted by atomic mass is 35.5. The van der Waals surface area contributed by atoms with Gasteiger partial charge in [0.2, 0.25) is 0 Å². The van der Waals surface area contributed by atoms with Crippen LogP contribution in [0.1, 0.15) is 44.0 Å². The number of anilines is 1. The monoisotopic (exact) mass is 618 g/mol. The molecule has 2 aliphatic rings. The normalized spacial score (nSPS) is 19.9. The molecule has 0 aliphatic carbocycles. The Labute approximate surface area is 249 Å². The largest absolute Gasteiger partial charge is 0.462 e. The number of benzene rings is 1. The number of terminal acetylenes is 1. The third-order valence-electron chi connectivity index (χ3n) is 7.47. The number of carbonyl (C=O) groups is 1. The Morgan fingerprint density at radius 2 is 1.95 bits per heavy atom. The van der Waals surface area contributed by atoms with Crippen molar-refractivity contribution in [3.63, 3.8) is 0 Å². The molecule has 1 aromatic carbocycles. The van der Waals surface area contributed by atoms with Gasteiger partial charge in [0.1, 0.15) is 22.9 Å². The number of aromatic nitrogens is 3. The smallest absolute Gasteiger partial charge is 0.314 e. The molecule has 0 spiro atoms.